The molecule has 1 aliphatic rings. The van der Waals surface area contributed by atoms with Crippen LogP contribution in [0, 0.1) is 11.3 Å². The number of nitrogens with two attached hydrogens (primary N) is 1. The Morgan fingerprint density at radius 2 is 2.00 bits per heavy atom. The van der Waals surface area contributed by atoms with Crippen molar-refractivity contribution in [3.8, 4) is 0 Å². The first kappa shape index (κ1) is 13.9. The summed E-state index contributed by atoms with van der Waals surface area (Å²) < 4.78 is 5.39. The molecule has 1 atom stereocenters. The summed E-state index contributed by atoms with van der Waals surface area (Å²) in [6.45, 7) is 9.49. The molecule has 1 unspecified atom stereocenters. The minimum atomic E-state index is 0.278. The number of nitrogens with zero attached hydrogens (tertiary/aromatic N) is 1. The van der Waals surface area contributed by atoms with Gasteiger partial charge in [-0.1, -0.05) is 13.8 Å². The second kappa shape index (κ2) is 6.58. The Bertz CT molecular complexity index is 186. The Balaban J connectivity index is 2.30. The van der Waals surface area contributed by atoms with Crippen molar-refractivity contribution in [3.05, 3.63) is 0 Å². The van der Waals surface area contributed by atoms with E-state index >= 15 is 0 Å². The predicted octanol–water partition coefficient (Wildman–Crippen LogP) is 1.72. The van der Waals surface area contributed by atoms with Crippen LogP contribution in [-0.4, -0.2) is 44.8 Å². The molecule has 0 aliphatic carbocycles. The normalized spacial score (nSPS) is 22.3. The second-order valence-corrected chi connectivity index (χ2v) is 5.62. The van der Waals surface area contributed by atoms with Crippen molar-refractivity contribution in [2.45, 2.75) is 33.1 Å². The van der Waals surface area contributed by atoms with Crippen molar-refractivity contribution < 1.29 is 4.74 Å². The van der Waals surface area contributed by atoms with E-state index in [9.17, 15) is 0 Å². The van der Waals surface area contributed by atoms with Gasteiger partial charge in [-0.3, -0.25) is 0 Å². The summed E-state index contributed by atoms with van der Waals surface area (Å²) in [7, 11) is 2.22. The maximum Gasteiger partial charge on any atom is 0.0469 e. The third-order valence-electron chi connectivity index (χ3n) is 3.91. The monoisotopic (exact) mass is 228 g/mol. The van der Waals surface area contributed by atoms with Crippen molar-refractivity contribution in [3.63, 3.8) is 0 Å². The van der Waals surface area contributed by atoms with Crippen LogP contribution in [-0.2, 0) is 4.74 Å². The SMILES string of the molecule is CCC(C)(CN)CN(C)CC1CCOCC1. The van der Waals surface area contributed by atoms with Crippen LogP contribution in [0.25, 0.3) is 0 Å². The van der Waals surface area contributed by atoms with Gasteiger partial charge in [0, 0.05) is 26.3 Å². The van der Waals surface area contributed by atoms with Crippen LogP contribution in [0.15, 0.2) is 0 Å². The van der Waals surface area contributed by atoms with Gasteiger partial charge in [-0.2, -0.15) is 0 Å². The van der Waals surface area contributed by atoms with Crippen LogP contribution in [0.3, 0.4) is 0 Å². The first-order valence-corrected chi connectivity index (χ1v) is 6.56. The molecule has 1 rings (SSSR count). The standard InChI is InChI=1S/C13H28N2O/c1-4-13(2,10-14)11-15(3)9-12-5-7-16-8-6-12/h12H,4-11,14H2,1-3H3. The van der Waals surface area contributed by atoms with Crippen molar-refractivity contribution in [2.24, 2.45) is 17.1 Å². The smallest absolute Gasteiger partial charge is 0.0469 e. The topological polar surface area (TPSA) is 38.5 Å². The molecular weight excluding hydrogens is 200 g/mol. The van der Waals surface area contributed by atoms with Gasteiger partial charge in [0.05, 0.1) is 0 Å². The van der Waals surface area contributed by atoms with E-state index in [4.69, 9.17) is 10.5 Å². The molecular formula is C13H28N2O. The molecule has 0 aromatic carbocycles. The first-order valence-electron chi connectivity index (χ1n) is 6.56. The average Bonchev–Trinajstić information content (AvgIpc) is 2.30. The summed E-state index contributed by atoms with van der Waals surface area (Å²) in [5, 5.41) is 0. The number of hydrogen-bond acceptors (Lipinski definition) is 3. The number of rotatable bonds is 6. The molecule has 0 saturated carbocycles. The summed E-state index contributed by atoms with van der Waals surface area (Å²) in [6.07, 6.45) is 3.59. The highest BCUT2D eigenvalue weighted by Crippen LogP contribution is 2.22. The van der Waals surface area contributed by atoms with Crippen molar-refractivity contribution >= 4 is 0 Å². The van der Waals surface area contributed by atoms with E-state index in [2.05, 4.69) is 25.8 Å². The molecule has 1 heterocycles. The van der Waals surface area contributed by atoms with Crippen molar-refractivity contribution in [1.82, 2.24) is 4.90 Å². The van der Waals surface area contributed by atoms with Gasteiger partial charge in [-0.25, -0.2) is 0 Å². The zero-order valence-corrected chi connectivity index (χ0v) is 11.2. The van der Waals surface area contributed by atoms with Gasteiger partial charge in [0.15, 0.2) is 0 Å². The van der Waals surface area contributed by atoms with E-state index in [1.54, 1.807) is 0 Å². The lowest BCUT2D eigenvalue weighted by Crippen LogP contribution is -2.41. The minimum Gasteiger partial charge on any atom is -0.381 e. The molecule has 2 N–H and O–H groups in total. The van der Waals surface area contributed by atoms with Crippen LogP contribution in [0.5, 0.6) is 0 Å². The summed E-state index contributed by atoms with van der Waals surface area (Å²) in [4.78, 5) is 2.45. The molecule has 16 heavy (non-hydrogen) atoms. The second-order valence-electron chi connectivity index (χ2n) is 5.62. The minimum absolute atomic E-state index is 0.278. The van der Waals surface area contributed by atoms with Gasteiger partial charge < -0.3 is 15.4 Å². The molecule has 3 heteroatoms. The van der Waals surface area contributed by atoms with Crippen LogP contribution >= 0.6 is 0 Å². The van der Waals surface area contributed by atoms with E-state index in [0.717, 1.165) is 38.6 Å². The van der Waals surface area contributed by atoms with Crippen LogP contribution in [0.1, 0.15) is 33.1 Å². The highest BCUT2D eigenvalue weighted by molar-refractivity contribution is 4.78. The molecule has 0 radical (unpaired) electrons. The molecule has 0 bridgehead atoms. The summed E-state index contributed by atoms with van der Waals surface area (Å²) in [5.74, 6) is 0.817. The lowest BCUT2D eigenvalue weighted by atomic mass is 9.87. The summed E-state index contributed by atoms with van der Waals surface area (Å²) in [5.41, 5.74) is 6.13. The third-order valence-corrected chi connectivity index (χ3v) is 3.91. The number of ether oxygens (including phenoxy) is 1. The van der Waals surface area contributed by atoms with Gasteiger partial charge in [0.1, 0.15) is 0 Å². The zero-order valence-electron chi connectivity index (χ0n) is 11.2. The van der Waals surface area contributed by atoms with E-state index < -0.39 is 0 Å². The average molecular weight is 228 g/mol. The Hall–Kier alpha value is -0.120. The highest BCUT2D eigenvalue weighted by Gasteiger charge is 2.24. The van der Waals surface area contributed by atoms with Gasteiger partial charge in [0.2, 0.25) is 0 Å². The Labute approximate surface area is 100 Å². The summed E-state index contributed by atoms with van der Waals surface area (Å²) >= 11 is 0. The van der Waals surface area contributed by atoms with Crippen LogP contribution in [0.2, 0.25) is 0 Å². The van der Waals surface area contributed by atoms with Gasteiger partial charge in [0.25, 0.3) is 0 Å². The predicted molar refractivity (Wildman–Crippen MR) is 68.5 cm³/mol. The Morgan fingerprint density at radius 3 is 2.50 bits per heavy atom. The van der Waals surface area contributed by atoms with Gasteiger partial charge in [-0.05, 0) is 44.2 Å². The fourth-order valence-electron chi connectivity index (χ4n) is 2.41. The molecule has 1 fully saturated rings. The molecule has 1 saturated heterocycles. The molecule has 0 spiro atoms. The van der Waals surface area contributed by atoms with Crippen LogP contribution < -0.4 is 5.73 Å². The zero-order chi connectivity index (χ0) is 12.0. The molecule has 0 amide bonds. The van der Waals surface area contributed by atoms with E-state index in [-0.39, 0.29) is 5.41 Å². The number of hydrogen-bond donors (Lipinski definition) is 1. The third kappa shape index (κ3) is 4.40. The fourth-order valence-corrected chi connectivity index (χ4v) is 2.41. The lowest BCUT2D eigenvalue weighted by Gasteiger charge is -2.34. The van der Waals surface area contributed by atoms with Crippen molar-refractivity contribution in [2.75, 3.05) is 39.9 Å². The fraction of sp³-hybridized carbons (Fsp3) is 1.00. The first-order chi connectivity index (χ1) is 7.59. The van der Waals surface area contributed by atoms with E-state index in [1.807, 2.05) is 0 Å². The molecule has 0 aromatic rings. The van der Waals surface area contributed by atoms with Crippen LogP contribution in [0.4, 0.5) is 0 Å². The van der Waals surface area contributed by atoms with Crippen molar-refractivity contribution in [1.29, 1.82) is 0 Å². The van der Waals surface area contributed by atoms with E-state index in [1.165, 1.54) is 19.4 Å². The highest BCUT2D eigenvalue weighted by atomic mass is 16.5. The Morgan fingerprint density at radius 1 is 1.38 bits per heavy atom. The maximum absolute atomic E-state index is 5.85. The largest absolute Gasteiger partial charge is 0.381 e. The van der Waals surface area contributed by atoms with Gasteiger partial charge >= 0.3 is 0 Å². The Kier molecular flexibility index (Phi) is 5.73. The quantitative estimate of drug-likeness (QED) is 0.752. The lowest BCUT2D eigenvalue weighted by molar-refractivity contribution is 0.0505. The van der Waals surface area contributed by atoms with E-state index in [0.29, 0.717) is 0 Å². The molecule has 3 nitrogen and oxygen atoms in total. The maximum atomic E-state index is 5.85. The van der Waals surface area contributed by atoms with Gasteiger partial charge in [-0.15, -0.1) is 0 Å². The summed E-state index contributed by atoms with van der Waals surface area (Å²) in [6, 6.07) is 0. The molecule has 96 valence electrons. The molecule has 0 aromatic heterocycles. The molecule has 1 aliphatic heterocycles.